The highest BCUT2D eigenvalue weighted by Gasteiger charge is 2.03. The highest BCUT2D eigenvalue weighted by atomic mass is 35.5. The summed E-state index contributed by atoms with van der Waals surface area (Å²) in [5.41, 5.74) is 1.47. The van der Waals surface area contributed by atoms with E-state index < -0.39 is 0 Å². The van der Waals surface area contributed by atoms with E-state index in [0.29, 0.717) is 17.3 Å². The smallest absolute Gasteiger partial charge is 0.319 e. The number of hydrogen-bond donors (Lipinski definition) is 3. The van der Waals surface area contributed by atoms with Crippen LogP contribution in [0.4, 0.5) is 10.5 Å². The van der Waals surface area contributed by atoms with Crippen molar-refractivity contribution in [2.24, 2.45) is 0 Å². The first-order valence-electron chi connectivity index (χ1n) is 6.15. The van der Waals surface area contributed by atoms with Gasteiger partial charge in [0.15, 0.2) is 0 Å². The van der Waals surface area contributed by atoms with Gasteiger partial charge in [-0.15, -0.1) is 11.3 Å². The molecule has 0 bridgehead atoms. The summed E-state index contributed by atoms with van der Waals surface area (Å²) in [5.74, 6) is 5.40. The molecule has 108 valence electrons. The molecule has 0 aliphatic heterocycles. The van der Waals surface area contributed by atoms with Gasteiger partial charge in [-0.2, -0.15) is 0 Å². The summed E-state index contributed by atoms with van der Waals surface area (Å²) in [6.07, 6.45) is 0. The van der Waals surface area contributed by atoms with Crippen molar-refractivity contribution < 1.29 is 9.90 Å². The fraction of sp³-hybridized carbons (Fsp3) is 0.133. The van der Waals surface area contributed by atoms with Crippen LogP contribution < -0.4 is 10.6 Å². The Hall–Kier alpha value is -2.00. The number of rotatable bonds is 3. The third-order valence-electron chi connectivity index (χ3n) is 2.47. The Kier molecular flexibility index (Phi) is 5.64. The summed E-state index contributed by atoms with van der Waals surface area (Å²) >= 11 is 7.35. The molecule has 1 aromatic carbocycles. The Morgan fingerprint density at radius 1 is 1.38 bits per heavy atom. The van der Waals surface area contributed by atoms with Gasteiger partial charge in [0.05, 0.1) is 6.54 Å². The molecular formula is C15H13ClN2O2S. The van der Waals surface area contributed by atoms with Gasteiger partial charge in [0.2, 0.25) is 0 Å². The van der Waals surface area contributed by atoms with Gasteiger partial charge in [-0.3, -0.25) is 0 Å². The molecular weight excluding hydrogens is 308 g/mol. The predicted octanol–water partition coefficient (Wildman–Crippen LogP) is 3.07. The molecule has 0 saturated heterocycles. The number of aliphatic hydroxyl groups is 1. The van der Waals surface area contributed by atoms with Gasteiger partial charge in [0.25, 0.3) is 0 Å². The Balaban J connectivity index is 1.85. The number of thiophene rings is 1. The summed E-state index contributed by atoms with van der Waals surface area (Å²) in [6, 6.07) is 8.53. The number of hydrogen-bond acceptors (Lipinski definition) is 3. The van der Waals surface area contributed by atoms with Gasteiger partial charge in [0.1, 0.15) is 6.61 Å². The van der Waals surface area contributed by atoms with E-state index in [9.17, 15) is 4.79 Å². The van der Waals surface area contributed by atoms with Crippen LogP contribution in [0.2, 0.25) is 5.02 Å². The van der Waals surface area contributed by atoms with E-state index in [1.807, 2.05) is 11.4 Å². The molecule has 0 radical (unpaired) electrons. The van der Waals surface area contributed by atoms with Gasteiger partial charge in [0, 0.05) is 26.5 Å². The second-order valence-electron chi connectivity index (χ2n) is 4.08. The number of carbonyl (C=O) groups is 1. The van der Waals surface area contributed by atoms with E-state index in [1.54, 1.807) is 24.3 Å². The maximum Gasteiger partial charge on any atom is 0.319 e. The van der Waals surface area contributed by atoms with Crippen LogP contribution in [-0.4, -0.2) is 17.7 Å². The molecule has 21 heavy (non-hydrogen) atoms. The fourth-order valence-corrected chi connectivity index (χ4v) is 2.54. The van der Waals surface area contributed by atoms with Crippen molar-refractivity contribution >= 4 is 34.7 Å². The minimum Gasteiger partial charge on any atom is -0.384 e. The largest absolute Gasteiger partial charge is 0.384 e. The number of amides is 2. The van der Waals surface area contributed by atoms with Gasteiger partial charge in [-0.05, 0) is 24.3 Å². The van der Waals surface area contributed by atoms with Crippen LogP contribution >= 0.6 is 22.9 Å². The van der Waals surface area contributed by atoms with Crippen LogP contribution in [0.1, 0.15) is 10.4 Å². The summed E-state index contributed by atoms with van der Waals surface area (Å²) in [4.78, 5) is 12.7. The van der Waals surface area contributed by atoms with Crippen molar-refractivity contribution in [3.05, 3.63) is 51.2 Å². The van der Waals surface area contributed by atoms with E-state index in [1.165, 1.54) is 11.3 Å². The molecule has 1 aromatic heterocycles. The minimum absolute atomic E-state index is 0.161. The molecule has 0 saturated carbocycles. The Morgan fingerprint density at radius 3 is 3.00 bits per heavy atom. The van der Waals surface area contributed by atoms with E-state index in [4.69, 9.17) is 16.7 Å². The van der Waals surface area contributed by atoms with E-state index in [2.05, 4.69) is 22.5 Å². The van der Waals surface area contributed by atoms with E-state index in [0.717, 1.165) is 10.4 Å². The molecule has 1 heterocycles. The second-order valence-corrected chi connectivity index (χ2v) is 5.51. The minimum atomic E-state index is -0.298. The third-order valence-corrected chi connectivity index (χ3v) is 3.64. The standard InChI is InChI=1S/C15H13ClN2O2S/c16-12-4-1-5-13(8-12)18-15(20)17-9-14-7-11(10-21-14)3-2-6-19/h1,4-5,7-8,10,19H,6,9H2,(H2,17,18,20). The molecule has 0 aliphatic carbocycles. The molecule has 2 aromatic rings. The van der Waals surface area contributed by atoms with Crippen LogP contribution in [0, 0.1) is 11.8 Å². The lowest BCUT2D eigenvalue weighted by atomic mass is 10.3. The fourth-order valence-electron chi connectivity index (χ4n) is 1.59. The number of halogens is 1. The number of benzene rings is 1. The van der Waals surface area contributed by atoms with Crippen LogP contribution in [-0.2, 0) is 6.54 Å². The molecule has 0 fully saturated rings. The van der Waals surface area contributed by atoms with Gasteiger partial charge < -0.3 is 15.7 Å². The average molecular weight is 321 g/mol. The average Bonchev–Trinajstić information content (AvgIpc) is 2.91. The predicted molar refractivity (Wildman–Crippen MR) is 85.6 cm³/mol. The number of carbonyl (C=O) groups excluding carboxylic acids is 1. The quantitative estimate of drug-likeness (QED) is 0.761. The summed E-state index contributed by atoms with van der Waals surface area (Å²) in [6.45, 7) is 0.253. The van der Waals surface area contributed by atoms with Crippen LogP contribution in [0.15, 0.2) is 35.7 Å². The lowest BCUT2D eigenvalue weighted by Gasteiger charge is -2.06. The van der Waals surface area contributed by atoms with Crippen molar-refractivity contribution in [2.75, 3.05) is 11.9 Å². The highest BCUT2D eigenvalue weighted by molar-refractivity contribution is 7.10. The van der Waals surface area contributed by atoms with Gasteiger partial charge in [-0.25, -0.2) is 4.79 Å². The summed E-state index contributed by atoms with van der Waals surface area (Å²) in [5, 5.41) is 16.5. The summed E-state index contributed by atoms with van der Waals surface area (Å²) < 4.78 is 0. The molecule has 2 amide bonds. The van der Waals surface area contributed by atoms with Crippen molar-refractivity contribution in [2.45, 2.75) is 6.54 Å². The van der Waals surface area contributed by atoms with Crippen molar-refractivity contribution in [3.8, 4) is 11.8 Å². The monoisotopic (exact) mass is 320 g/mol. The van der Waals surface area contributed by atoms with Crippen LogP contribution in [0.25, 0.3) is 0 Å². The second kappa shape index (κ2) is 7.70. The van der Waals surface area contributed by atoms with Crippen LogP contribution in [0.5, 0.6) is 0 Å². The lowest BCUT2D eigenvalue weighted by Crippen LogP contribution is -2.27. The van der Waals surface area contributed by atoms with Crippen LogP contribution in [0.3, 0.4) is 0 Å². The Morgan fingerprint density at radius 2 is 2.24 bits per heavy atom. The first-order valence-corrected chi connectivity index (χ1v) is 7.40. The molecule has 0 unspecified atom stereocenters. The molecule has 0 atom stereocenters. The zero-order valence-corrected chi connectivity index (χ0v) is 12.6. The van der Waals surface area contributed by atoms with Gasteiger partial charge >= 0.3 is 6.03 Å². The molecule has 4 nitrogen and oxygen atoms in total. The van der Waals surface area contributed by atoms with Crippen molar-refractivity contribution in [3.63, 3.8) is 0 Å². The van der Waals surface area contributed by atoms with Gasteiger partial charge in [-0.1, -0.05) is 29.5 Å². The summed E-state index contributed by atoms with van der Waals surface area (Å²) in [7, 11) is 0. The Labute approximate surface area is 131 Å². The first kappa shape index (κ1) is 15.4. The number of nitrogens with one attached hydrogen (secondary N) is 2. The third kappa shape index (κ3) is 5.12. The SMILES string of the molecule is O=C(NCc1cc(C#CCO)cs1)Nc1cccc(Cl)c1. The number of aliphatic hydroxyl groups excluding tert-OH is 1. The van der Waals surface area contributed by atoms with Crippen molar-refractivity contribution in [1.29, 1.82) is 0 Å². The maximum atomic E-state index is 11.8. The Bertz CT molecular complexity index is 688. The molecule has 0 spiro atoms. The molecule has 6 heteroatoms. The normalized spacial score (nSPS) is 9.62. The van der Waals surface area contributed by atoms with E-state index in [-0.39, 0.29) is 12.6 Å². The van der Waals surface area contributed by atoms with Crippen molar-refractivity contribution in [1.82, 2.24) is 5.32 Å². The maximum absolute atomic E-state index is 11.8. The number of anilines is 1. The first-order chi connectivity index (χ1) is 10.2. The number of urea groups is 1. The zero-order valence-electron chi connectivity index (χ0n) is 11.0. The molecule has 0 aliphatic rings. The lowest BCUT2D eigenvalue weighted by molar-refractivity contribution is 0.252. The van der Waals surface area contributed by atoms with E-state index >= 15 is 0 Å². The zero-order chi connectivity index (χ0) is 15.1. The molecule has 3 N–H and O–H groups in total. The topological polar surface area (TPSA) is 61.4 Å². The molecule has 2 rings (SSSR count). The highest BCUT2D eigenvalue weighted by Crippen LogP contribution is 2.15.